The van der Waals surface area contributed by atoms with Crippen molar-refractivity contribution in [2.75, 3.05) is 19.6 Å². The number of rotatable bonds is 4. The highest BCUT2D eigenvalue weighted by molar-refractivity contribution is 5.78. The van der Waals surface area contributed by atoms with E-state index in [0.717, 1.165) is 6.42 Å². The summed E-state index contributed by atoms with van der Waals surface area (Å²) in [6.45, 7) is 1.55. The summed E-state index contributed by atoms with van der Waals surface area (Å²) in [5, 5.41) is 8.86. The van der Waals surface area contributed by atoms with E-state index >= 15 is 0 Å². The fraction of sp³-hybridized carbons (Fsp3) is 0.800. The Morgan fingerprint density at radius 3 is 2.80 bits per heavy atom. The quantitative estimate of drug-likeness (QED) is 0.692. The van der Waals surface area contributed by atoms with Crippen molar-refractivity contribution in [3.63, 3.8) is 0 Å². The number of nitrogens with zero attached hydrogens (tertiary/aromatic N) is 1. The van der Waals surface area contributed by atoms with Crippen LogP contribution in [0.2, 0.25) is 0 Å². The summed E-state index contributed by atoms with van der Waals surface area (Å²) in [4.78, 5) is 24.0. The van der Waals surface area contributed by atoms with Gasteiger partial charge in [0.1, 0.15) is 0 Å². The van der Waals surface area contributed by atoms with Crippen molar-refractivity contribution >= 4 is 11.9 Å². The molecule has 0 aromatic rings. The Balaban J connectivity index is 2.41. The molecule has 1 rings (SSSR count). The number of carbonyl (C=O) groups excluding carboxylic acids is 1. The molecule has 0 aliphatic carbocycles. The molecular weight excluding hydrogens is 196 g/mol. The van der Waals surface area contributed by atoms with Crippen LogP contribution in [0.25, 0.3) is 0 Å². The second-order valence-electron chi connectivity index (χ2n) is 3.91. The molecular formula is C10H18N2O3. The number of carboxylic acids is 1. The van der Waals surface area contributed by atoms with Gasteiger partial charge < -0.3 is 15.7 Å². The van der Waals surface area contributed by atoms with Gasteiger partial charge in [-0.15, -0.1) is 0 Å². The van der Waals surface area contributed by atoms with Crippen LogP contribution in [0.5, 0.6) is 0 Å². The predicted molar refractivity (Wildman–Crippen MR) is 55.2 cm³/mol. The lowest BCUT2D eigenvalue weighted by Gasteiger charge is -2.30. The lowest BCUT2D eigenvalue weighted by molar-refractivity contribution is -0.145. The molecule has 0 saturated carbocycles. The maximum atomic E-state index is 11.6. The van der Waals surface area contributed by atoms with Gasteiger partial charge in [-0.3, -0.25) is 9.59 Å². The summed E-state index contributed by atoms with van der Waals surface area (Å²) >= 11 is 0. The second-order valence-corrected chi connectivity index (χ2v) is 3.91. The zero-order valence-corrected chi connectivity index (χ0v) is 8.82. The van der Waals surface area contributed by atoms with E-state index in [0.29, 0.717) is 38.9 Å². The number of hydrogen-bond acceptors (Lipinski definition) is 3. The van der Waals surface area contributed by atoms with Crippen LogP contribution >= 0.6 is 0 Å². The first-order chi connectivity index (χ1) is 7.15. The Morgan fingerprint density at radius 1 is 1.47 bits per heavy atom. The van der Waals surface area contributed by atoms with Crippen LogP contribution in [0.4, 0.5) is 0 Å². The Hall–Kier alpha value is -1.10. The lowest BCUT2D eigenvalue weighted by atomic mass is 9.98. The summed E-state index contributed by atoms with van der Waals surface area (Å²) in [7, 11) is 0. The molecule has 0 bridgehead atoms. The van der Waals surface area contributed by atoms with E-state index in [1.165, 1.54) is 0 Å². The molecule has 15 heavy (non-hydrogen) atoms. The minimum Gasteiger partial charge on any atom is -0.481 e. The molecule has 0 aromatic heterocycles. The molecule has 5 nitrogen and oxygen atoms in total. The largest absolute Gasteiger partial charge is 0.481 e. The third kappa shape index (κ3) is 3.51. The molecule has 1 atom stereocenters. The van der Waals surface area contributed by atoms with Gasteiger partial charge in [-0.2, -0.15) is 0 Å². The molecule has 1 aliphatic heterocycles. The van der Waals surface area contributed by atoms with Crippen LogP contribution in [0, 0.1) is 5.92 Å². The van der Waals surface area contributed by atoms with Gasteiger partial charge >= 0.3 is 5.97 Å². The van der Waals surface area contributed by atoms with E-state index < -0.39 is 5.97 Å². The summed E-state index contributed by atoms with van der Waals surface area (Å²) in [5.74, 6) is -1.15. The van der Waals surface area contributed by atoms with Crippen molar-refractivity contribution in [2.24, 2.45) is 11.7 Å². The van der Waals surface area contributed by atoms with Crippen molar-refractivity contribution in [2.45, 2.75) is 25.7 Å². The molecule has 1 aliphatic rings. The van der Waals surface area contributed by atoms with E-state index in [1.807, 2.05) is 0 Å². The number of hydrogen-bond donors (Lipinski definition) is 2. The first-order valence-corrected chi connectivity index (χ1v) is 5.35. The number of carbonyl (C=O) groups is 2. The summed E-state index contributed by atoms with van der Waals surface area (Å²) in [6, 6.07) is 0. The van der Waals surface area contributed by atoms with E-state index in [2.05, 4.69) is 0 Å². The minimum absolute atomic E-state index is 0.0337. The van der Waals surface area contributed by atoms with Gasteiger partial charge in [0.25, 0.3) is 0 Å². The molecule has 1 saturated heterocycles. The van der Waals surface area contributed by atoms with Crippen LogP contribution in [-0.4, -0.2) is 41.5 Å². The van der Waals surface area contributed by atoms with Crippen molar-refractivity contribution in [1.82, 2.24) is 4.90 Å². The Kier molecular flexibility index (Phi) is 4.55. The second kappa shape index (κ2) is 5.70. The first-order valence-electron chi connectivity index (χ1n) is 5.35. The Morgan fingerprint density at radius 2 is 2.20 bits per heavy atom. The highest BCUT2D eigenvalue weighted by Crippen LogP contribution is 2.17. The van der Waals surface area contributed by atoms with Crippen LogP contribution in [-0.2, 0) is 9.59 Å². The van der Waals surface area contributed by atoms with Crippen LogP contribution in [0.3, 0.4) is 0 Å². The monoisotopic (exact) mass is 214 g/mol. The van der Waals surface area contributed by atoms with Gasteiger partial charge in [-0.25, -0.2) is 0 Å². The van der Waals surface area contributed by atoms with E-state index in [4.69, 9.17) is 10.8 Å². The molecule has 1 unspecified atom stereocenters. The molecule has 0 radical (unpaired) electrons. The smallest absolute Gasteiger partial charge is 0.308 e. The number of aliphatic carboxylic acids is 1. The fourth-order valence-corrected chi connectivity index (χ4v) is 1.82. The van der Waals surface area contributed by atoms with E-state index in [1.54, 1.807) is 4.90 Å². The number of carboxylic acid groups (broad SMARTS) is 1. The van der Waals surface area contributed by atoms with Gasteiger partial charge in [0.15, 0.2) is 0 Å². The number of nitrogens with two attached hydrogens (primary N) is 1. The molecule has 5 heteroatoms. The standard InChI is InChI=1S/C10H18N2O3/c11-5-1-4-9(13)12-6-2-3-8(7-12)10(14)15/h8H,1-7,11H2,(H,14,15). The third-order valence-corrected chi connectivity index (χ3v) is 2.72. The molecule has 1 amide bonds. The SMILES string of the molecule is NCCCC(=O)N1CCCC(C(=O)O)C1. The van der Waals surface area contributed by atoms with Gasteiger partial charge in [0, 0.05) is 19.5 Å². The van der Waals surface area contributed by atoms with Crippen molar-refractivity contribution in [1.29, 1.82) is 0 Å². The van der Waals surface area contributed by atoms with Crippen molar-refractivity contribution < 1.29 is 14.7 Å². The summed E-state index contributed by atoms with van der Waals surface area (Å²) in [5.41, 5.74) is 5.32. The van der Waals surface area contributed by atoms with Crippen molar-refractivity contribution in [3.05, 3.63) is 0 Å². The molecule has 0 aromatic carbocycles. The molecule has 1 fully saturated rings. The summed E-state index contributed by atoms with van der Waals surface area (Å²) in [6.07, 6.45) is 2.57. The van der Waals surface area contributed by atoms with Gasteiger partial charge in [-0.1, -0.05) is 0 Å². The predicted octanol–water partition coefficient (Wildman–Crippen LogP) is 0.0485. The highest BCUT2D eigenvalue weighted by Gasteiger charge is 2.27. The molecule has 86 valence electrons. The van der Waals surface area contributed by atoms with Gasteiger partial charge in [-0.05, 0) is 25.8 Å². The number of piperidine rings is 1. The molecule has 0 spiro atoms. The lowest BCUT2D eigenvalue weighted by Crippen LogP contribution is -2.42. The maximum absolute atomic E-state index is 11.6. The fourth-order valence-electron chi connectivity index (χ4n) is 1.82. The topological polar surface area (TPSA) is 83.6 Å². The van der Waals surface area contributed by atoms with Crippen LogP contribution < -0.4 is 5.73 Å². The average Bonchev–Trinajstić information content (AvgIpc) is 2.26. The van der Waals surface area contributed by atoms with Crippen LogP contribution in [0.1, 0.15) is 25.7 Å². The molecule has 3 N–H and O–H groups in total. The zero-order valence-electron chi connectivity index (χ0n) is 8.82. The maximum Gasteiger partial charge on any atom is 0.308 e. The molecule has 1 heterocycles. The number of amides is 1. The van der Waals surface area contributed by atoms with Crippen molar-refractivity contribution in [3.8, 4) is 0 Å². The average molecular weight is 214 g/mol. The zero-order chi connectivity index (χ0) is 11.3. The van der Waals surface area contributed by atoms with Gasteiger partial charge in [0.2, 0.25) is 5.91 Å². The van der Waals surface area contributed by atoms with E-state index in [-0.39, 0.29) is 11.8 Å². The van der Waals surface area contributed by atoms with Crippen LogP contribution in [0.15, 0.2) is 0 Å². The first kappa shape index (κ1) is 12.0. The summed E-state index contributed by atoms with van der Waals surface area (Å²) < 4.78 is 0. The normalized spacial score (nSPS) is 21.4. The number of likely N-dealkylation sites (tertiary alicyclic amines) is 1. The minimum atomic E-state index is -0.800. The highest BCUT2D eigenvalue weighted by atomic mass is 16.4. The Labute approximate surface area is 89.2 Å². The Bertz CT molecular complexity index is 243. The third-order valence-electron chi connectivity index (χ3n) is 2.72. The van der Waals surface area contributed by atoms with E-state index in [9.17, 15) is 9.59 Å². The van der Waals surface area contributed by atoms with Gasteiger partial charge in [0.05, 0.1) is 5.92 Å².